The van der Waals surface area contributed by atoms with E-state index in [9.17, 15) is 9.18 Å². The molecule has 0 spiro atoms. The fraction of sp³-hybridized carbons (Fsp3) is 0.269. The van der Waals surface area contributed by atoms with Crippen LogP contribution in [0.5, 0.6) is 5.75 Å². The van der Waals surface area contributed by atoms with Crippen molar-refractivity contribution >= 4 is 28.4 Å². The average Bonchev–Trinajstić information content (AvgIpc) is 3.35. The van der Waals surface area contributed by atoms with E-state index >= 15 is 0 Å². The number of hydrogen-bond acceptors (Lipinski definition) is 7. The summed E-state index contributed by atoms with van der Waals surface area (Å²) in [4.78, 5) is 17.0. The van der Waals surface area contributed by atoms with Crippen LogP contribution in [0.15, 0.2) is 76.4 Å². The lowest BCUT2D eigenvalue weighted by Crippen LogP contribution is -2.48. The van der Waals surface area contributed by atoms with Gasteiger partial charge >= 0.3 is 0 Å². The molecule has 1 amide bonds. The van der Waals surface area contributed by atoms with E-state index in [0.29, 0.717) is 30.0 Å². The highest BCUT2D eigenvalue weighted by Gasteiger charge is 2.22. The molecule has 2 heterocycles. The molecule has 1 aliphatic heterocycles. The zero-order valence-corrected chi connectivity index (χ0v) is 19.9. The monoisotopic (exact) mass is 492 g/mol. The number of benzene rings is 3. The summed E-state index contributed by atoms with van der Waals surface area (Å²) in [6, 6.07) is 20.6. The van der Waals surface area contributed by atoms with Gasteiger partial charge in [-0.2, -0.15) is 0 Å². The molecule has 0 N–H and O–H groups in total. The SMILES string of the molecule is O=C(CSc1nnc(COc2ccc(F)cc2)o1)N1CCN(Cc2cccc3ccccc23)CC1. The van der Waals surface area contributed by atoms with Gasteiger partial charge < -0.3 is 14.1 Å². The number of piperazine rings is 1. The van der Waals surface area contributed by atoms with Gasteiger partial charge in [-0.25, -0.2) is 4.39 Å². The zero-order valence-electron chi connectivity index (χ0n) is 19.1. The van der Waals surface area contributed by atoms with Crippen LogP contribution in [-0.2, 0) is 17.9 Å². The van der Waals surface area contributed by atoms with Crippen molar-refractivity contribution in [3.05, 3.63) is 84.0 Å². The maximum Gasteiger partial charge on any atom is 0.277 e. The number of halogens is 1. The van der Waals surface area contributed by atoms with E-state index in [-0.39, 0.29) is 24.1 Å². The maximum absolute atomic E-state index is 13.0. The van der Waals surface area contributed by atoms with Crippen LogP contribution >= 0.6 is 11.8 Å². The first-order chi connectivity index (χ1) is 17.1. The van der Waals surface area contributed by atoms with E-state index in [1.807, 2.05) is 4.90 Å². The Labute approximate surface area is 206 Å². The van der Waals surface area contributed by atoms with E-state index < -0.39 is 0 Å². The molecular weight excluding hydrogens is 467 g/mol. The lowest BCUT2D eigenvalue weighted by Gasteiger charge is -2.34. The molecule has 1 saturated heterocycles. The summed E-state index contributed by atoms with van der Waals surface area (Å²) in [6.45, 7) is 4.03. The van der Waals surface area contributed by atoms with Crippen molar-refractivity contribution in [3.8, 4) is 5.75 Å². The van der Waals surface area contributed by atoms with Crippen LogP contribution < -0.4 is 4.74 Å². The van der Waals surface area contributed by atoms with Crippen molar-refractivity contribution in [3.63, 3.8) is 0 Å². The van der Waals surface area contributed by atoms with Crippen LogP contribution in [0.4, 0.5) is 4.39 Å². The second-order valence-corrected chi connectivity index (χ2v) is 9.21. The summed E-state index contributed by atoms with van der Waals surface area (Å²) < 4.78 is 24.0. The zero-order chi connectivity index (χ0) is 24.0. The number of amides is 1. The molecule has 1 aromatic heterocycles. The summed E-state index contributed by atoms with van der Waals surface area (Å²) in [5, 5.41) is 10.8. The molecule has 35 heavy (non-hydrogen) atoms. The van der Waals surface area contributed by atoms with Crippen LogP contribution in [0.25, 0.3) is 10.8 Å². The third kappa shape index (κ3) is 5.98. The summed E-state index contributed by atoms with van der Waals surface area (Å²) >= 11 is 1.22. The van der Waals surface area contributed by atoms with E-state index in [2.05, 4.69) is 57.6 Å². The highest BCUT2D eigenvalue weighted by atomic mass is 32.2. The van der Waals surface area contributed by atoms with Crippen molar-refractivity contribution in [2.45, 2.75) is 18.4 Å². The second-order valence-electron chi connectivity index (χ2n) is 8.29. The van der Waals surface area contributed by atoms with Crippen molar-refractivity contribution in [2.24, 2.45) is 0 Å². The topological polar surface area (TPSA) is 71.7 Å². The van der Waals surface area contributed by atoms with Crippen LogP contribution in [0.2, 0.25) is 0 Å². The predicted octanol–water partition coefficient (Wildman–Crippen LogP) is 4.38. The predicted molar refractivity (Wildman–Crippen MR) is 132 cm³/mol. The minimum absolute atomic E-state index is 0.0575. The molecule has 0 radical (unpaired) electrons. The van der Waals surface area contributed by atoms with Crippen LogP contribution in [0, 0.1) is 5.82 Å². The van der Waals surface area contributed by atoms with Gasteiger partial charge in [0.1, 0.15) is 11.6 Å². The maximum atomic E-state index is 13.0. The molecule has 1 fully saturated rings. The first-order valence-electron chi connectivity index (χ1n) is 11.4. The minimum Gasteiger partial charge on any atom is -0.484 e. The first-order valence-corrected chi connectivity index (χ1v) is 12.4. The Morgan fingerprint density at radius 1 is 0.971 bits per heavy atom. The third-order valence-electron chi connectivity index (χ3n) is 5.94. The van der Waals surface area contributed by atoms with Gasteiger partial charge in [-0.3, -0.25) is 9.69 Å². The van der Waals surface area contributed by atoms with Crippen molar-refractivity contribution in [2.75, 3.05) is 31.9 Å². The van der Waals surface area contributed by atoms with Gasteiger partial charge in [0, 0.05) is 32.7 Å². The van der Waals surface area contributed by atoms with Gasteiger partial charge in [0.15, 0.2) is 6.61 Å². The molecule has 0 bridgehead atoms. The Morgan fingerprint density at radius 2 is 1.74 bits per heavy atom. The standard InChI is InChI=1S/C26H25FN4O3S/c27-21-8-10-22(11-9-21)33-17-24-28-29-26(34-24)35-18-25(32)31-14-12-30(13-15-31)16-20-6-3-5-19-4-1-2-7-23(19)20/h1-11H,12-18H2. The Balaban J connectivity index is 1.06. The van der Waals surface area contributed by atoms with Gasteiger partial charge in [0.25, 0.3) is 11.1 Å². The van der Waals surface area contributed by atoms with Crippen molar-refractivity contribution in [1.82, 2.24) is 20.0 Å². The molecule has 3 aromatic carbocycles. The Morgan fingerprint density at radius 3 is 2.57 bits per heavy atom. The molecule has 5 rings (SSSR count). The van der Waals surface area contributed by atoms with E-state index in [1.54, 1.807) is 0 Å². The van der Waals surface area contributed by atoms with Gasteiger partial charge in [0.05, 0.1) is 5.75 Å². The molecule has 1 aliphatic rings. The van der Waals surface area contributed by atoms with Gasteiger partial charge in [-0.05, 0) is 40.6 Å². The van der Waals surface area contributed by atoms with Crippen LogP contribution in [0.3, 0.4) is 0 Å². The molecule has 0 aliphatic carbocycles. The van der Waals surface area contributed by atoms with Gasteiger partial charge in [0.2, 0.25) is 5.91 Å². The third-order valence-corrected chi connectivity index (χ3v) is 6.75. The quantitative estimate of drug-likeness (QED) is 0.338. The van der Waals surface area contributed by atoms with Crippen molar-refractivity contribution < 1.29 is 18.3 Å². The van der Waals surface area contributed by atoms with Gasteiger partial charge in [-0.15, -0.1) is 10.2 Å². The minimum atomic E-state index is -0.329. The largest absolute Gasteiger partial charge is 0.484 e. The molecule has 9 heteroatoms. The Bertz CT molecular complexity index is 1280. The molecule has 4 aromatic rings. The first kappa shape index (κ1) is 23.3. The number of nitrogens with zero attached hydrogens (tertiary/aromatic N) is 4. The highest BCUT2D eigenvalue weighted by molar-refractivity contribution is 7.99. The summed E-state index contributed by atoms with van der Waals surface area (Å²) in [5.41, 5.74) is 1.31. The van der Waals surface area contributed by atoms with Crippen LogP contribution in [-0.4, -0.2) is 57.8 Å². The number of carbonyl (C=O) groups is 1. The number of thioether (sulfide) groups is 1. The summed E-state index contributed by atoms with van der Waals surface area (Å²) in [6.07, 6.45) is 0. The number of ether oxygens (including phenoxy) is 1. The van der Waals surface area contributed by atoms with Gasteiger partial charge in [-0.1, -0.05) is 54.2 Å². The lowest BCUT2D eigenvalue weighted by molar-refractivity contribution is -0.130. The number of carbonyl (C=O) groups excluding carboxylic acids is 1. The van der Waals surface area contributed by atoms with E-state index in [1.165, 1.54) is 52.4 Å². The Hall–Kier alpha value is -3.43. The second kappa shape index (κ2) is 10.9. The molecular formula is C26H25FN4O3S. The summed E-state index contributed by atoms with van der Waals surface area (Å²) in [5.74, 6) is 0.774. The smallest absolute Gasteiger partial charge is 0.277 e. The van der Waals surface area contributed by atoms with Crippen molar-refractivity contribution in [1.29, 1.82) is 0 Å². The Kier molecular flexibility index (Phi) is 7.25. The van der Waals surface area contributed by atoms with E-state index in [0.717, 1.165) is 19.6 Å². The normalized spacial score (nSPS) is 14.4. The fourth-order valence-corrected chi connectivity index (χ4v) is 4.76. The fourth-order valence-electron chi connectivity index (χ4n) is 4.07. The number of hydrogen-bond donors (Lipinski definition) is 0. The average molecular weight is 493 g/mol. The lowest BCUT2D eigenvalue weighted by atomic mass is 10.0. The van der Waals surface area contributed by atoms with Crippen LogP contribution in [0.1, 0.15) is 11.5 Å². The highest BCUT2D eigenvalue weighted by Crippen LogP contribution is 2.22. The number of aromatic nitrogens is 2. The molecule has 7 nitrogen and oxygen atoms in total. The number of fused-ring (bicyclic) bond motifs is 1. The molecule has 0 atom stereocenters. The molecule has 180 valence electrons. The summed E-state index contributed by atoms with van der Waals surface area (Å²) in [7, 11) is 0. The molecule has 0 saturated carbocycles. The van der Waals surface area contributed by atoms with E-state index in [4.69, 9.17) is 9.15 Å². The molecule has 0 unspecified atom stereocenters. The number of rotatable bonds is 8.